The van der Waals surface area contributed by atoms with Gasteiger partial charge in [-0.25, -0.2) is 4.79 Å². The van der Waals surface area contributed by atoms with E-state index in [4.69, 9.17) is 14.0 Å². The second kappa shape index (κ2) is 7.87. The van der Waals surface area contributed by atoms with Gasteiger partial charge in [-0.1, -0.05) is 12.1 Å². The van der Waals surface area contributed by atoms with E-state index in [1.165, 1.54) is 4.57 Å². The highest BCUT2D eigenvalue weighted by Gasteiger charge is 2.52. The molecule has 1 fully saturated rings. The van der Waals surface area contributed by atoms with Crippen molar-refractivity contribution in [2.45, 2.75) is 65.3 Å². The molecule has 0 radical (unpaired) electrons. The normalized spacial score (nSPS) is 18.8. The maximum absolute atomic E-state index is 12.5. The molecule has 30 heavy (non-hydrogen) atoms. The van der Waals surface area contributed by atoms with E-state index in [2.05, 4.69) is 45.2 Å². The van der Waals surface area contributed by atoms with Crippen LogP contribution in [-0.4, -0.2) is 48.2 Å². The fourth-order valence-electron chi connectivity index (χ4n) is 3.34. The Bertz CT molecular complexity index is 953. The highest BCUT2D eigenvalue weighted by molar-refractivity contribution is 6.55. The molecule has 0 aliphatic carbocycles. The van der Waals surface area contributed by atoms with Gasteiger partial charge in [-0.2, -0.15) is 0 Å². The van der Waals surface area contributed by atoms with E-state index in [0.29, 0.717) is 6.54 Å². The quantitative estimate of drug-likeness (QED) is 0.741. The first-order chi connectivity index (χ1) is 13.8. The summed E-state index contributed by atoms with van der Waals surface area (Å²) in [6.07, 6.45) is 3.45. The molecular formula is C23H33BN2O4. The molecule has 1 aliphatic rings. The predicted octanol–water partition coefficient (Wildman–Crippen LogP) is 4.66. The molecule has 1 aromatic carbocycles. The van der Waals surface area contributed by atoms with Gasteiger partial charge in [0.2, 0.25) is 0 Å². The summed E-state index contributed by atoms with van der Waals surface area (Å²) in [6.45, 7) is 14.4. The highest BCUT2D eigenvalue weighted by atomic mass is 16.7. The summed E-state index contributed by atoms with van der Waals surface area (Å²) in [7, 11) is 1.49. The number of ether oxygens (including phenoxy) is 1. The van der Waals surface area contributed by atoms with Gasteiger partial charge in [-0.15, -0.1) is 0 Å². The van der Waals surface area contributed by atoms with Gasteiger partial charge in [-0.3, -0.25) is 4.57 Å². The lowest BCUT2D eigenvalue weighted by Gasteiger charge is -2.32. The number of hydrogen-bond acceptors (Lipinski definition) is 5. The lowest BCUT2D eigenvalue weighted by molar-refractivity contribution is 0.00578. The van der Waals surface area contributed by atoms with Crippen LogP contribution >= 0.6 is 0 Å². The number of aromatic nitrogens is 1. The SMILES string of the molecule is CNCC(=Cc1ccc2c(ccn2C(=O)OC(C)(C)C)c1)B1OC(C)(C)C(C)(C)O1. The third-order valence-electron chi connectivity index (χ3n) is 5.59. The number of fused-ring (bicyclic) bond motifs is 1. The molecule has 0 spiro atoms. The van der Waals surface area contributed by atoms with Gasteiger partial charge in [0.1, 0.15) is 5.60 Å². The largest absolute Gasteiger partial charge is 0.491 e. The van der Waals surface area contributed by atoms with E-state index in [9.17, 15) is 4.79 Å². The van der Waals surface area contributed by atoms with E-state index < -0.39 is 12.7 Å². The molecule has 0 amide bonds. The molecule has 0 atom stereocenters. The van der Waals surface area contributed by atoms with E-state index in [-0.39, 0.29) is 17.3 Å². The Hall–Kier alpha value is -2.09. The summed E-state index contributed by atoms with van der Waals surface area (Å²) in [4.78, 5) is 12.5. The topological polar surface area (TPSA) is 61.7 Å². The average Bonchev–Trinajstić information content (AvgIpc) is 3.10. The molecule has 0 bridgehead atoms. The zero-order valence-electron chi connectivity index (χ0n) is 19.3. The van der Waals surface area contributed by atoms with E-state index in [1.54, 1.807) is 6.20 Å². The molecule has 1 aromatic heterocycles. The van der Waals surface area contributed by atoms with E-state index in [1.807, 2.05) is 46.0 Å². The van der Waals surface area contributed by atoms with Crippen molar-refractivity contribution in [3.8, 4) is 0 Å². The summed E-state index contributed by atoms with van der Waals surface area (Å²) < 4.78 is 19.5. The van der Waals surface area contributed by atoms with Crippen molar-refractivity contribution >= 4 is 30.2 Å². The maximum atomic E-state index is 12.5. The Labute approximate surface area is 179 Å². The Balaban J connectivity index is 1.90. The fourth-order valence-corrected chi connectivity index (χ4v) is 3.34. The zero-order chi connectivity index (χ0) is 22.3. The summed E-state index contributed by atoms with van der Waals surface area (Å²) in [6, 6.07) is 7.90. The number of nitrogens with one attached hydrogen (secondary N) is 1. The summed E-state index contributed by atoms with van der Waals surface area (Å²) >= 11 is 0. The van der Waals surface area contributed by atoms with Crippen LogP contribution in [0.2, 0.25) is 0 Å². The third kappa shape index (κ3) is 4.63. The van der Waals surface area contributed by atoms with Gasteiger partial charge < -0.3 is 19.4 Å². The number of carbonyl (C=O) groups excluding carboxylic acids is 1. The van der Waals surface area contributed by atoms with Crippen LogP contribution in [0.1, 0.15) is 54.0 Å². The second-order valence-corrected chi connectivity index (χ2v) is 9.82. The molecule has 0 unspecified atom stereocenters. The van der Waals surface area contributed by atoms with Crippen molar-refractivity contribution < 1.29 is 18.8 Å². The van der Waals surface area contributed by atoms with Crippen molar-refractivity contribution in [2.75, 3.05) is 13.6 Å². The molecule has 0 saturated carbocycles. The number of likely N-dealkylation sites (N-methyl/N-ethyl adjacent to an activating group) is 1. The van der Waals surface area contributed by atoms with Crippen LogP contribution in [0.5, 0.6) is 0 Å². The van der Waals surface area contributed by atoms with E-state index >= 15 is 0 Å². The van der Waals surface area contributed by atoms with Gasteiger partial charge in [0.25, 0.3) is 0 Å². The van der Waals surface area contributed by atoms with Gasteiger partial charge in [0, 0.05) is 18.1 Å². The first-order valence-corrected chi connectivity index (χ1v) is 10.4. The number of benzene rings is 1. The van der Waals surface area contributed by atoms with Gasteiger partial charge in [-0.05, 0) is 84.7 Å². The Morgan fingerprint density at radius 2 is 1.80 bits per heavy atom. The number of carbonyl (C=O) groups is 1. The number of nitrogens with zero attached hydrogens (tertiary/aromatic N) is 1. The molecule has 6 nitrogen and oxygen atoms in total. The standard InChI is InChI=1S/C23H33BN2O4/c1-21(2,3)28-20(27)26-12-11-17-13-16(9-10-19(17)26)14-18(15-25-8)24-29-22(4,5)23(6,7)30-24/h9-14,25H,15H2,1-8H3. The maximum Gasteiger partial charge on any atom is 0.491 e. The number of hydrogen-bond donors (Lipinski definition) is 1. The minimum absolute atomic E-state index is 0.381. The molecule has 2 heterocycles. The Kier molecular flexibility index (Phi) is 5.93. The molecule has 7 heteroatoms. The third-order valence-corrected chi connectivity index (χ3v) is 5.59. The van der Waals surface area contributed by atoms with Gasteiger partial charge in [0.15, 0.2) is 0 Å². The molecule has 1 N–H and O–H groups in total. The minimum atomic E-state index is -0.540. The lowest BCUT2D eigenvalue weighted by atomic mass is 9.77. The van der Waals surface area contributed by atoms with Crippen molar-refractivity contribution in [1.29, 1.82) is 0 Å². The second-order valence-electron chi connectivity index (χ2n) is 9.82. The van der Waals surface area contributed by atoms with Crippen LogP contribution in [0, 0.1) is 0 Å². The van der Waals surface area contributed by atoms with Crippen LogP contribution in [0.3, 0.4) is 0 Å². The van der Waals surface area contributed by atoms with Crippen LogP contribution in [0.25, 0.3) is 17.0 Å². The van der Waals surface area contributed by atoms with Crippen molar-refractivity contribution in [3.05, 3.63) is 41.5 Å². The van der Waals surface area contributed by atoms with Gasteiger partial charge >= 0.3 is 13.2 Å². The molecule has 2 aromatic rings. The predicted molar refractivity (Wildman–Crippen MR) is 122 cm³/mol. The van der Waals surface area contributed by atoms with Crippen molar-refractivity contribution in [3.63, 3.8) is 0 Å². The van der Waals surface area contributed by atoms with Crippen LogP contribution in [0.15, 0.2) is 35.9 Å². The minimum Gasteiger partial charge on any atom is -0.443 e. The summed E-state index contributed by atoms with van der Waals surface area (Å²) in [5.41, 5.74) is 1.53. The first kappa shape index (κ1) is 22.6. The molecule has 162 valence electrons. The van der Waals surface area contributed by atoms with Gasteiger partial charge in [0.05, 0.1) is 16.7 Å². The zero-order valence-corrected chi connectivity index (χ0v) is 19.3. The van der Waals surface area contributed by atoms with Crippen LogP contribution < -0.4 is 5.32 Å². The van der Waals surface area contributed by atoms with Crippen LogP contribution in [0.4, 0.5) is 4.79 Å². The molecular weight excluding hydrogens is 379 g/mol. The van der Waals surface area contributed by atoms with Crippen molar-refractivity contribution in [1.82, 2.24) is 9.88 Å². The van der Waals surface area contributed by atoms with Crippen LogP contribution in [-0.2, 0) is 14.0 Å². The number of rotatable bonds is 4. The Morgan fingerprint density at radius 3 is 2.37 bits per heavy atom. The average molecular weight is 412 g/mol. The summed E-state index contributed by atoms with van der Waals surface area (Å²) in [5, 5.41) is 4.17. The molecule has 1 saturated heterocycles. The monoisotopic (exact) mass is 412 g/mol. The first-order valence-electron chi connectivity index (χ1n) is 10.4. The highest BCUT2D eigenvalue weighted by Crippen LogP contribution is 2.38. The fraction of sp³-hybridized carbons (Fsp3) is 0.522. The van der Waals surface area contributed by atoms with E-state index in [0.717, 1.165) is 21.9 Å². The Morgan fingerprint density at radius 1 is 1.17 bits per heavy atom. The molecule has 1 aliphatic heterocycles. The van der Waals surface area contributed by atoms with Crippen molar-refractivity contribution in [2.24, 2.45) is 0 Å². The lowest BCUT2D eigenvalue weighted by Crippen LogP contribution is -2.41. The summed E-state index contributed by atoms with van der Waals surface area (Å²) in [5.74, 6) is 0. The smallest absolute Gasteiger partial charge is 0.443 e. The molecule has 3 rings (SSSR count).